The summed E-state index contributed by atoms with van der Waals surface area (Å²) in [6.07, 6.45) is 9.78. The first-order valence-corrected chi connectivity index (χ1v) is 10.5. The number of piperidine rings is 1. The maximum absolute atomic E-state index is 13.1. The van der Waals surface area contributed by atoms with Crippen LogP contribution in [0, 0.1) is 23.7 Å². The van der Waals surface area contributed by atoms with Gasteiger partial charge in [0.05, 0.1) is 5.92 Å². The number of amides is 2. The highest BCUT2D eigenvalue weighted by molar-refractivity contribution is 5.85. The molecule has 5 nitrogen and oxygen atoms in total. The number of halogens is 1. The van der Waals surface area contributed by atoms with Gasteiger partial charge in [-0.15, -0.1) is 12.4 Å². The zero-order chi connectivity index (χ0) is 17.4. The molecule has 2 aliphatic heterocycles. The van der Waals surface area contributed by atoms with Crippen molar-refractivity contribution >= 4 is 24.2 Å². The number of likely N-dealkylation sites (tertiary alicyclic amines) is 2. The molecule has 2 amide bonds. The lowest BCUT2D eigenvalue weighted by atomic mass is 9.65. The summed E-state index contributed by atoms with van der Waals surface area (Å²) < 4.78 is 0. The molecule has 2 bridgehead atoms. The summed E-state index contributed by atoms with van der Waals surface area (Å²) in [6, 6.07) is 0.309. The molecule has 2 aliphatic carbocycles. The lowest BCUT2D eigenvalue weighted by molar-refractivity contribution is -0.144. The SMILES string of the molecule is Cl.NC1C2CCCC1CC(C(=O)N1CCCC(C(=O)N3CCCC3)C1)C2. The highest BCUT2D eigenvalue weighted by Gasteiger charge is 2.42. The Hall–Kier alpha value is -0.810. The zero-order valence-corrected chi connectivity index (χ0v) is 16.6. The summed E-state index contributed by atoms with van der Waals surface area (Å²) in [7, 11) is 0. The summed E-state index contributed by atoms with van der Waals surface area (Å²) in [5.74, 6) is 1.85. The first-order chi connectivity index (χ1) is 12.1. The van der Waals surface area contributed by atoms with Gasteiger partial charge < -0.3 is 15.5 Å². The van der Waals surface area contributed by atoms with Crippen molar-refractivity contribution in [3.8, 4) is 0 Å². The Morgan fingerprint density at radius 1 is 0.731 bits per heavy atom. The van der Waals surface area contributed by atoms with Crippen LogP contribution < -0.4 is 5.73 Å². The number of rotatable bonds is 2. The predicted octanol–water partition coefficient (Wildman–Crippen LogP) is 2.42. The lowest BCUT2D eigenvalue weighted by Gasteiger charge is -2.45. The molecule has 2 N–H and O–H groups in total. The van der Waals surface area contributed by atoms with Crippen molar-refractivity contribution in [3.63, 3.8) is 0 Å². The van der Waals surface area contributed by atoms with Crippen LogP contribution in [0.15, 0.2) is 0 Å². The van der Waals surface area contributed by atoms with E-state index >= 15 is 0 Å². The second-order valence-electron chi connectivity index (χ2n) is 8.85. The monoisotopic (exact) mass is 383 g/mol. The minimum absolute atomic E-state index is 0. The Labute approximate surface area is 163 Å². The summed E-state index contributed by atoms with van der Waals surface area (Å²) in [5.41, 5.74) is 6.38. The molecule has 3 unspecified atom stereocenters. The quantitative estimate of drug-likeness (QED) is 0.796. The molecule has 2 heterocycles. The van der Waals surface area contributed by atoms with Crippen molar-refractivity contribution in [3.05, 3.63) is 0 Å². The molecule has 0 aromatic heterocycles. The number of hydrogen-bond acceptors (Lipinski definition) is 3. The third kappa shape index (κ3) is 3.89. The highest BCUT2D eigenvalue weighted by atomic mass is 35.5. The van der Waals surface area contributed by atoms with Crippen molar-refractivity contribution < 1.29 is 9.59 Å². The van der Waals surface area contributed by atoms with Crippen LogP contribution in [0.4, 0.5) is 0 Å². The Morgan fingerprint density at radius 2 is 1.31 bits per heavy atom. The van der Waals surface area contributed by atoms with Crippen LogP contribution in [0.2, 0.25) is 0 Å². The van der Waals surface area contributed by atoms with Crippen LogP contribution in [0.5, 0.6) is 0 Å². The Kier molecular flexibility index (Phi) is 6.50. The molecule has 0 aromatic carbocycles. The molecule has 26 heavy (non-hydrogen) atoms. The third-order valence-electron chi connectivity index (χ3n) is 7.26. The molecular weight excluding hydrogens is 350 g/mol. The predicted molar refractivity (Wildman–Crippen MR) is 104 cm³/mol. The number of nitrogens with zero attached hydrogens (tertiary/aromatic N) is 2. The van der Waals surface area contributed by atoms with E-state index in [2.05, 4.69) is 0 Å². The fourth-order valence-corrected chi connectivity index (χ4v) is 5.82. The van der Waals surface area contributed by atoms with E-state index in [4.69, 9.17) is 5.73 Å². The second-order valence-corrected chi connectivity index (χ2v) is 8.85. The van der Waals surface area contributed by atoms with Crippen molar-refractivity contribution in [2.24, 2.45) is 29.4 Å². The maximum atomic E-state index is 13.1. The molecule has 4 aliphatic rings. The molecule has 0 aromatic rings. The highest BCUT2D eigenvalue weighted by Crippen LogP contribution is 2.42. The molecule has 0 radical (unpaired) electrons. The van der Waals surface area contributed by atoms with Crippen LogP contribution in [0.1, 0.15) is 57.8 Å². The molecule has 4 fully saturated rings. The Balaban J connectivity index is 0.00000196. The van der Waals surface area contributed by atoms with E-state index < -0.39 is 0 Å². The molecule has 148 valence electrons. The summed E-state index contributed by atoms with van der Waals surface area (Å²) in [6.45, 7) is 3.30. The van der Waals surface area contributed by atoms with Gasteiger partial charge in [0, 0.05) is 38.1 Å². The van der Waals surface area contributed by atoms with Crippen LogP contribution >= 0.6 is 12.4 Å². The molecular formula is C20H34ClN3O2. The number of fused-ring (bicyclic) bond motifs is 2. The Bertz CT molecular complexity index is 509. The van der Waals surface area contributed by atoms with Gasteiger partial charge in [0.2, 0.25) is 11.8 Å². The van der Waals surface area contributed by atoms with E-state index in [0.717, 1.165) is 58.2 Å². The normalized spacial score (nSPS) is 37.2. The van der Waals surface area contributed by atoms with Gasteiger partial charge in [-0.05, 0) is 63.2 Å². The van der Waals surface area contributed by atoms with Crippen molar-refractivity contribution in [1.82, 2.24) is 9.80 Å². The van der Waals surface area contributed by atoms with Gasteiger partial charge in [0.1, 0.15) is 0 Å². The van der Waals surface area contributed by atoms with Crippen LogP contribution in [-0.4, -0.2) is 53.8 Å². The fourth-order valence-electron chi connectivity index (χ4n) is 5.82. The van der Waals surface area contributed by atoms with Crippen molar-refractivity contribution in [2.45, 2.75) is 63.8 Å². The largest absolute Gasteiger partial charge is 0.342 e. The number of carbonyl (C=O) groups is 2. The molecule has 2 saturated heterocycles. The average molecular weight is 384 g/mol. The fraction of sp³-hybridized carbons (Fsp3) is 0.900. The third-order valence-corrected chi connectivity index (χ3v) is 7.26. The van der Waals surface area contributed by atoms with E-state index in [0.29, 0.717) is 30.3 Å². The van der Waals surface area contributed by atoms with Crippen molar-refractivity contribution in [2.75, 3.05) is 26.2 Å². The van der Waals surface area contributed by atoms with E-state index in [1.807, 2.05) is 9.80 Å². The van der Waals surface area contributed by atoms with Gasteiger partial charge in [-0.1, -0.05) is 6.42 Å². The van der Waals surface area contributed by atoms with Crippen molar-refractivity contribution in [1.29, 1.82) is 0 Å². The number of hydrogen-bond donors (Lipinski definition) is 1. The van der Waals surface area contributed by atoms with E-state index in [1.54, 1.807) is 0 Å². The van der Waals surface area contributed by atoms with Crippen LogP contribution in [0.25, 0.3) is 0 Å². The average Bonchev–Trinajstić information content (AvgIpc) is 3.15. The van der Waals surface area contributed by atoms with Crippen LogP contribution in [-0.2, 0) is 9.59 Å². The Morgan fingerprint density at radius 3 is 1.96 bits per heavy atom. The van der Waals surface area contributed by atoms with Gasteiger partial charge in [0.15, 0.2) is 0 Å². The lowest BCUT2D eigenvalue weighted by Crippen LogP contribution is -2.52. The van der Waals surface area contributed by atoms with E-state index in [-0.39, 0.29) is 30.2 Å². The summed E-state index contributed by atoms with van der Waals surface area (Å²) >= 11 is 0. The number of nitrogens with two attached hydrogens (primary N) is 1. The van der Waals surface area contributed by atoms with E-state index in [9.17, 15) is 9.59 Å². The minimum Gasteiger partial charge on any atom is -0.342 e. The first-order valence-electron chi connectivity index (χ1n) is 10.5. The van der Waals surface area contributed by atoms with Gasteiger partial charge >= 0.3 is 0 Å². The first kappa shape index (κ1) is 19.9. The van der Waals surface area contributed by atoms with Gasteiger partial charge in [-0.3, -0.25) is 9.59 Å². The van der Waals surface area contributed by atoms with E-state index in [1.165, 1.54) is 19.3 Å². The molecule has 4 rings (SSSR count). The maximum Gasteiger partial charge on any atom is 0.227 e. The summed E-state index contributed by atoms with van der Waals surface area (Å²) in [5, 5.41) is 0. The summed E-state index contributed by atoms with van der Waals surface area (Å²) in [4.78, 5) is 29.9. The van der Waals surface area contributed by atoms with Gasteiger partial charge in [-0.2, -0.15) is 0 Å². The minimum atomic E-state index is 0. The number of carbonyl (C=O) groups excluding carboxylic acids is 2. The molecule has 6 heteroatoms. The second kappa shape index (κ2) is 8.47. The topological polar surface area (TPSA) is 66.6 Å². The van der Waals surface area contributed by atoms with Crippen LogP contribution in [0.3, 0.4) is 0 Å². The molecule has 0 spiro atoms. The van der Waals surface area contributed by atoms with Gasteiger partial charge in [0.25, 0.3) is 0 Å². The molecule has 2 saturated carbocycles. The van der Waals surface area contributed by atoms with Gasteiger partial charge in [-0.25, -0.2) is 0 Å². The molecule has 3 atom stereocenters. The zero-order valence-electron chi connectivity index (χ0n) is 15.8. The standard InChI is InChI=1S/C20H33N3O2.ClH/c21-18-14-5-3-6-15(18)12-17(11-14)20(25)23-10-4-7-16(13-23)19(24)22-8-1-2-9-22;/h14-18H,1-13,21H2;1H. The smallest absolute Gasteiger partial charge is 0.227 e.